The van der Waals surface area contributed by atoms with E-state index in [4.69, 9.17) is 28.9 Å². The summed E-state index contributed by atoms with van der Waals surface area (Å²) in [6.45, 7) is 0.864. The van der Waals surface area contributed by atoms with Crippen LogP contribution in [0.3, 0.4) is 0 Å². The molecule has 0 saturated carbocycles. The van der Waals surface area contributed by atoms with Crippen LogP contribution in [-0.4, -0.2) is 11.4 Å². The first kappa shape index (κ1) is 23.5. The third-order valence-electron chi connectivity index (χ3n) is 4.63. The molecular weight excluding hydrogens is 325 g/mol. The molecule has 0 heterocycles. The van der Waals surface area contributed by atoms with Crippen molar-refractivity contribution in [2.45, 2.75) is 120 Å². The number of halogens is 2. The first-order valence-corrected chi connectivity index (χ1v) is 11.1. The summed E-state index contributed by atoms with van der Waals surface area (Å²) in [4.78, 5) is -0.161. The monoisotopic (exact) mass is 365 g/mol. The zero-order valence-electron chi connectivity index (χ0n) is 15.3. The first-order valence-electron chi connectivity index (χ1n) is 10.3. The Morgan fingerprint density at radius 3 is 0.957 bits per heavy atom. The van der Waals surface area contributed by atoms with E-state index in [1.807, 2.05) is 0 Å². The fraction of sp³-hybridized carbons (Fsp3) is 1.00. The van der Waals surface area contributed by atoms with E-state index in [2.05, 4.69) is 0 Å². The van der Waals surface area contributed by atoms with Gasteiger partial charge in [0.05, 0.1) is 0 Å². The topological polar surface area (TPSA) is 26.0 Å². The number of nitrogens with two attached hydrogens (primary N) is 1. The van der Waals surface area contributed by atoms with E-state index in [0.717, 1.165) is 13.0 Å². The van der Waals surface area contributed by atoms with Crippen molar-refractivity contribution in [3.63, 3.8) is 0 Å². The van der Waals surface area contributed by atoms with Gasteiger partial charge in [-0.3, -0.25) is 0 Å². The second-order valence-electron chi connectivity index (χ2n) is 6.98. The Morgan fingerprint density at radius 2 is 0.696 bits per heavy atom. The highest BCUT2D eigenvalue weighted by atomic mass is 35.5. The third-order valence-corrected chi connectivity index (χ3v) is 5.06. The molecule has 3 heteroatoms. The lowest BCUT2D eigenvalue weighted by Crippen LogP contribution is -1.97. The molecule has 0 aliphatic heterocycles. The summed E-state index contributed by atoms with van der Waals surface area (Å²) in [5.74, 6) is 0. The van der Waals surface area contributed by atoms with Gasteiger partial charge in [-0.25, -0.2) is 0 Å². The average Bonchev–Trinajstić information content (AvgIpc) is 2.53. The Morgan fingerprint density at radius 1 is 0.435 bits per heavy atom. The highest BCUT2D eigenvalue weighted by molar-refractivity contribution is 6.44. The molecule has 0 atom stereocenters. The Kier molecular flexibility index (Phi) is 21.1. The van der Waals surface area contributed by atoms with Gasteiger partial charge in [0.15, 0.2) is 0 Å². The molecule has 23 heavy (non-hydrogen) atoms. The fourth-order valence-electron chi connectivity index (χ4n) is 3.09. The molecule has 0 radical (unpaired) electrons. The van der Waals surface area contributed by atoms with Gasteiger partial charge >= 0.3 is 0 Å². The Labute approximate surface area is 156 Å². The molecule has 0 unspecified atom stereocenters. The van der Waals surface area contributed by atoms with Crippen LogP contribution in [0.1, 0.15) is 116 Å². The van der Waals surface area contributed by atoms with Crippen molar-refractivity contribution in [3.8, 4) is 0 Å². The van der Waals surface area contributed by atoms with Crippen LogP contribution in [0.25, 0.3) is 0 Å². The summed E-state index contributed by atoms with van der Waals surface area (Å²) in [6.07, 6.45) is 24.4. The van der Waals surface area contributed by atoms with Gasteiger partial charge in [0.1, 0.15) is 4.84 Å². The minimum Gasteiger partial charge on any atom is -0.330 e. The Hall–Kier alpha value is 0.540. The minimum atomic E-state index is -0.161. The number of hydrogen-bond acceptors (Lipinski definition) is 1. The molecule has 0 saturated heterocycles. The predicted molar refractivity (Wildman–Crippen MR) is 108 cm³/mol. The maximum absolute atomic E-state index is 5.72. The van der Waals surface area contributed by atoms with Crippen LogP contribution < -0.4 is 5.73 Å². The lowest BCUT2D eigenvalue weighted by molar-refractivity contribution is 0.525. The maximum atomic E-state index is 5.72. The molecule has 2 N–H and O–H groups in total. The fourth-order valence-corrected chi connectivity index (χ4v) is 3.40. The van der Waals surface area contributed by atoms with Crippen molar-refractivity contribution in [3.05, 3.63) is 0 Å². The van der Waals surface area contributed by atoms with Crippen molar-refractivity contribution in [2.75, 3.05) is 6.54 Å². The van der Waals surface area contributed by atoms with Gasteiger partial charge in [-0.05, 0) is 19.4 Å². The summed E-state index contributed by atoms with van der Waals surface area (Å²) in [7, 11) is 0. The largest absolute Gasteiger partial charge is 0.330 e. The standard InChI is InChI=1S/C20H41Cl2N/c21-20(22)18-16-14-12-10-8-6-4-2-1-3-5-7-9-11-13-15-17-19-23/h20H,1-19,23H2. The molecule has 0 fully saturated rings. The number of rotatable bonds is 19. The molecule has 0 spiro atoms. The third kappa shape index (κ3) is 22.5. The van der Waals surface area contributed by atoms with Gasteiger partial charge in [0.25, 0.3) is 0 Å². The number of alkyl halides is 2. The van der Waals surface area contributed by atoms with Crippen molar-refractivity contribution in [1.82, 2.24) is 0 Å². The van der Waals surface area contributed by atoms with Gasteiger partial charge in [0.2, 0.25) is 0 Å². The van der Waals surface area contributed by atoms with Crippen molar-refractivity contribution in [2.24, 2.45) is 5.73 Å². The van der Waals surface area contributed by atoms with Crippen LogP contribution in [0.15, 0.2) is 0 Å². The highest BCUT2D eigenvalue weighted by Crippen LogP contribution is 2.16. The second kappa shape index (κ2) is 20.6. The van der Waals surface area contributed by atoms with Crippen molar-refractivity contribution < 1.29 is 0 Å². The quantitative estimate of drug-likeness (QED) is 0.183. The van der Waals surface area contributed by atoms with E-state index in [9.17, 15) is 0 Å². The predicted octanol–water partition coefficient (Wildman–Crippen LogP) is 7.77. The average molecular weight is 366 g/mol. The van der Waals surface area contributed by atoms with E-state index in [0.29, 0.717) is 0 Å². The van der Waals surface area contributed by atoms with Gasteiger partial charge in [-0.2, -0.15) is 0 Å². The lowest BCUT2D eigenvalue weighted by Gasteiger charge is -2.04. The summed E-state index contributed by atoms with van der Waals surface area (Å²) in [6, 6.07) is 0. The maximum Gasteiger partial charge on any atom is 0.107 e. The highest BCUT2D eigenvalue weighted by Gasteiger charge is 1.98. The lowest BCUT2D eigenvalue weighted by atomic mass is 10.0. The molecule has 0 aliphatic carbocycles. The first-order chi connectivity index (χ1) is 11.3. The SMILES string of the molecule is NCCCCCCCCCCCCCCCCCCCC(Cl)Cl. The van der Waals surface area contributed by atoms with E-state index in [-0.39, 0.29) is 4.84 Å². The van der Waals surface area contributed by atoms with E-state index in [1.165, 1.54) is 109 Å². The van der Waals surface area contributed by atoms with Crippen LogP contribution in [-0.2, 0) is 0 Å². The van der Waals surface area contributed by atoms with Crippen LogP contribution in [0, 0.1) is 0 Å². The van der Waals surface area contributed by atoms with Crippen molar-refractivity contribution in [1.29, 1.82) is 0 Å². The molecule has 0 rings (SSSR count). The Bertz CT molecular complexity index is 210. The van der Waals surface area contributed by atoms with Gasteiger partial charge in [-0.1, -0.05) is 103 Å². The number of unbranched alkanes of at least 4 members (excludes halogenated alkanes) is 16. The summed E-state index contributed by atoms with van der Waals surface area (Å²) < 4.78 is 0. The van der Waals surface area contributed by atoms with Crippen LogP contribution in [0.4, 0.5) is 0 Å². The molecule has 0 aromatic rings. The Balaban J connectivity index is 2.95. The van der Waals surface area contributed by atoms with Crippen LogP contribution in [0.2, 0.25) is 0 Å². The molecular formula is C20H41Cl2N. The van der Waals surface area contributed by atoms with Crippen LogP contribution in [0.5, 0.6) is 0 Å². The smallest absolute Gasteiger partial charge is 0.107 e. The van der Waals surface area contributed by atoms with Crippen molar-refractivity contribution >= 4 is 23.2 Å². The normalized spacial score (nSPS) is 11.5. The number of hydrogen-bond donors (Lipinski definition) is 1. The van der Waals surface area contributed by atoms with E-state index >= 15 is 0 Å². The molecule has 140 valence electrons. The van der Waals surface area contributed by atoms with Gasteiger partial charge in [-0.15, -0.1) is 23.2 Å². The van der Waals surface area contributed by atoms with Gasteiger partial charge in [0, 0.05) is 0 Å². The zero-order chi connectivity index (χ0) is 17.0. The zero-order valence-corrected chi connectivity index (χ0v) is 16.9. The molecule has 0 bridgehead atoms. The summed E-state index contributed by atoms with van der Waals surface area (Å²) >= 11 is 11.4. The van der Waals surface area contributed by atoms with E-state index in [1.54, 1.807) is 0 Å². The molecule has 0 amide bonds. The van der Waals surface area contributed by atoms with Gasteiger partial charge < -0.3 is 5.73 Å². The summed E-state index contributed by atoms with van der Waals surface area (Å²) in [5, 5.41) is 0. The molecule has 1 nitrogen and oxygen atoms in total. The molecule has 0 aromatic carbocycles. The molecule has 0 aromatic heterocycles. The van der Waals surface area contributed by atoms with Crippen LogP contribution >= 0.6 is 23.2 Å². The summed E-state index contributed by atoms with van der Waals surface area (Å²) in [5.41, 5.74) is 5.50. The van der Waals surface area contributed by atoms with E-state index < -0.39 is 0 Å². The molecule has 0 aliphatic rings. The minimum absolute atomic E-state index is 0.161. The second-order valence-corrected chi connectivity index (χ2v) is 8.26.